The minimum absolute atomic E-state index is 0.0138. The minimum Gasteiger partial charge on any atom is -0.319 e. The number of halogens is 3. The van der Waals surface area contributed by atoms with Gasteiger partial charge in [-0.05, 0) is 53.6 Å². The highest BCUT2D eigenvalue weighted by atomic mass is 79.9. The molecule has 2 nitrogen and oxygen atoms in total. The molecule has 110 valence electrons. The van der Waals surface area contributed by atoms with Crippen LogP contribution in [0.2, 0.25) is 5.02 Å². The van der Waals surface area contributed by atoms with Gasteiger partial charge < -0.3 is 5.32 Å². The summed E-state index contributed by atoms with van der Waals surface area (Å²) in [6.45, 7) is 0.744. The van der Waals surface area contributed by atoms with Gasteiger partial charge in [-0.15, -0.1) is 0 Å². The number of likely N-dealkylation sites (N-methyl/N-ethyl adjacent to an activating group) is 1. The average Bonchev–Trinajstić information content (AvgIpc) is 2.50. The predicted octanol–water partition coefficient (Wildman–Crippen LogP) is 4.23. The fraction of sp³-hybridized carbons (Fsp3) is 0.188. The lowest BCUT2D eigenvalue weighted by atomic mass is 9.96. The Morgan fingerprint density at radius 2 is 1.95 bits per heavy atom. The lowest BCUT2D eigenvalue weighted by Crippen LogP contribution is -2.14. The highest BCUT2D eigenvalue weighted by Gasteiger charge is 2.19. The van der Waals surface area contributed by atoms with Gasteiger partial charge in [0.05, 0.1) is 10.6 Å². The quantitative estimate of drug-likeness (QED) is 0.630. The summed E-state index contributed by atoms with van der Waals surface area (Å²) in [4.78, 5) is 12.6. The first-order chi connectivity index (χ1) is 10.1. The summed E-state index contributed by atoms with van der Waals surface area (Å²) >= 11 is 9.00. The Hall–Kier alpha value is -1.23. The summed E-state index contributed by atoms with van der Waals surface area (Å²) in [6, 6.07) is 10.3. The molecule has 0 spiro atoms. The first-order valence-electron chi connectivity index (χ1n) is 6.47. The van der Waals surface area contributed by atoms with E-state index >= 15 is 0 Å². The smallest absolute Gasteiger partial charge is 0.196 e. The van der Waals surface area contributed by atoms with Crippen LogP contribution in [0.15, 0.2) is 40.9 Å². The molecule has 2 rings (SSSR count). The summed E-state index contributed by atoms with van der Waals surface area (Å²) in [5, 5.41) is 2.96. The SMILES string of the molecule is CNCCc1ccccc1C(=O)c1ccc(Br)c(Cl)c1F. The predicted molar refractivity (Wildman–Crippen MR) is 86.6 cm³/mol. The molecule has 5 heteroatoms. The molecule has 0 bridgehead atoms. The Morgan fingerprint density at radius 3 is 2.67 bits per heavy atom. The normalized spacial score (nSPS) is 10.7. The van der Waals surface area contributed by atoms with E-state index in [1.165, 1.54) is 6.07 Å². The van der Waals surface area contributed by atoms with Crippen LogP contribution >= 0.6 is 27.5 Å². The van der Waals surface area contributed by atoms with Crippen LogP contribution in [-0.2, 0) is 6.42 Å². The molecule has 0 aromatic heterocycles. The molecule has 0 unspecified atom stereocenters. The van der Waals surface area contributed by atoms with Gasteiger partial charge in [-0.2, -0.15) is 0 Å². The standard InChI is InChI=1S/C16H14BrClFNO/c1-20-9-8-10-4-2-3-5-11(10)16(21)12-6-7-13(17)14(18)15(12)19/h2-7,20H,8-9H2,1H3. The first-order valence-corrected chi connectivity index (χ1v) is 7.64. The number of rotatable bonds is 5. The van der Waals surface area contributed by atoms with Gasteiger partial charge in [-0.3, -0.25) is 4.79 Å². The monoisotopic (exact) mass is 369 g/mol. The van der Waals surface area contributed by atoms with Crippen molar-refractivity contribution in [3.63, 3.8) is 0 Å². The topological polar surface area (TPSA) is 29.1 Å². The van der Waals surface area contributed by atoms with Crippen LogP contribution in [0.4, 0.5) is 4.39 Å². The molecule has 0 aliphatic rings. The average molecular weight is 371 g/mol. The number of nitrogens with one attached hydrogen (secondary N) is 1. The van der Waals surface area contributed by atoms with Crippen LogP contribution in [0, 0.1) is 5.82 Å². The maximum absolute atomic E-state index is 14.2. The van der Waals surface area contributed by atoms with Crippen molar-refractivity contribution >= 4 is 33.3 Å². The van der Waals surface area contributed by atoms with Crippen LogP contribution in [0.1, 0.15) is 21.5 Å². The highest BCUT2D eigenvalue weighted by Crippen LogP contribution is 2.29. The molecule has 0 fully saturated rings. The third-order valence-corrected chi connectivity index (χ3v) is 4.44. The van der Waals surface area contributed by atoms with Crippen LogP contribution in [0.25, 0.3) is 0 Å². The highest BCUT2D eigenvalue weighted by molar-refractivity contribution is 9.10. The van der Waals surface area contributed by atoms with Crippen LogP contribution in [0.3, 0.4) is 0 Å². The van der Waals surface area contributed by atoms with Gasteiger partial charge in [-0.25, -0.2) is 4.39 Å². The summed E-state index contributed by atoms with van der Waals surface area (Å²) in [5.74, 6) is -1.05. The van der Waals surface area contributed by atoms with E-state index in [9.17, 15) is 9.18 Å². The van der Waals surface area contributed by atoms with E-state index in [1.54, 1.807) is 18.2 Å². The van der Waals surface area contributed by atoms with Gasteiger partial charge in [-0.1, -0.05) is 35.9 Å². The van der Waals surface area contributed by atoms with Crippen LogP contribution in [-0.4, -0.2) is 19.4 Å². The Morgan fingerprint density at radius 1 is 1.24 bits per heavy atom. The maximum Gasteiger partial charge on any atom is 0.196 e. The Kier molecular flexibility index (Phi) is 5.51. The van der Waals surface area contributed by atoms with Gasteiger partial charge in [0, 0.05) is 10.0 Å². The van der Waals surface area contributed by atoms with Gasteiger partial charge in [0.25, 0.3) is 0 Å². The van der Waals surface area contributed by atoms with E-state index in [0.717, 1.165) is 12.1 Å². The third-order valence-electron chi connectivity index (χ3n) is 3.19. The van der Waals surface area contributed by atoms with Crippen molar-refractivity contribution in [2.45, 2.75) is 6.42 Å². The van der Waals surface area contributed by atoms with E-state index in [0.29, 0.717) is 16.5 Å². The summed E-state index contributed by atoms with van der Waals surface area (Å²) in [5.41, 5.74) is 1.38. The molecule has 0 aliphatic carbocycles. The Bertz CT molecular complexity index is 675. The number of ketones is 1. The van der Waals surface area contributed by atoms with Crippen molar-refractivity contribution in [2.24, 2.45) is 0 Å². The minimum atomic E-state index is -0.695. The van der Waals surface area contributed by atoms with Crippen molar-refractivity contribution < 1.29 is 9.18 Å². The zero-order chi connectivity index (χ0) is 15.4. The van der Waals surface area contributed by atoms with E-state index in [-0.39, 0.29) is 16.4 Å². The zero-order valence-electron chi connectivity index (χ0n) is 11.4. The number of hydrogen-bond acceptors (Lipinski definition) is 2. The molecule has 0 amide bonds. The van der Waals surface area contributed by atoms with Gasteiger partial charge >= 0.3 is 0 Å². The largest absolute Gasteiger partial charge is 0.319 e. The van der Waals surface area contributed by atoms with Crippen molar-refractivity contribution in [2.75, 3.05) is 13.6 Å². The van der Waals surface area contributed by atoms with Gasteiger partial charge in [0.2, 0.25) is 0 Å². The molecule has 1 N–H and O–H groups in total. The lowest BCUT2D eigenvalue weighted by molar-refractivity contribution is 0.103. The lowest BCUT2D eigenvalue weighted by Gasteiger charge is -2.10. The molecule has 0 radical (unpaired) electrons. The molecule has 0 aliphatic heterocycles. The van der Waals surface area contributed by atoms with Gasteiger partial charge in [0.1, 0.15) is 0 Å². The third kappa shape index (κ3) is 3.51. The van der Waals surface area contributed by atoms with E-state index in [1.807, 2.05) is 19.2 Å². The molecule has 0 saturated heterocycles. The zero-order valence-corrected chi connectivity index (χ0v) is 13.8. The van der Waals surface area contributed by atoms with Crippen molar-refractivity contribution in [3.8, 4) is 0 Å². The van der Waals surface area contributed by atoms with Crippen molar-refractivity contribution in [1.82, 2.24) is 5.32 Å². The Balaban J connectivity index is 2.43. The molecule has 0 heterocycles. The molecule has 2 aromatic carbocycles. The Labute approximate surface area is 136 Å². The number of carbonyl (C=O) groups is 1. The maximum atomic E-state index is 14.2. The fourth-order valence-electron chi connectivity index (χ4n) is 2.07. The second-order valence-electron chi connectivity index (χ2n) is 4.56. The molecule has 2 aromatic rings. The molecule has 0 atom stereocenters. The molecular formula is C16H14BrClFNO. The van der Waals surface area contributed by atoms with E-state index in [2.05, 4.69) is 21.2 Å². The van der Waals surface area contributed by atoms with Crippen LogP contribution in [0.5, 0.6) is 0 Å². The molecule has 21 heavy (non-hydrogen) atoms. The van der Waals surface area contributed by atoms with Crippen molar-refractivity contribution in [1.29, 1.82) is 0 Å². The fourth-order valence-corrected chi connectivity index (χ4v) is 2.54. The summed E-state index contributed by atoms with van der Waals surface area (Å²) in [7, 11) is 1.85. The second kappa shape index (κ2) is 7.16. The van der Waals surface area contributed by atoms with Crippen LogP contribution < -0.4 is 5.32 Å². The summed E-state index contributed by atoms with van der Waals surface area (Å²) in [6.07, 6.45) is 0.699. The number of hydrogen-bond donors (Lipinski definition) is 1. The molecular weight excluding hydrogens is 357 g/mol. The van der Waals surface area contributed by atoms with E-state index in [4.69, 9.17) is 11.6 Å². The van der Waals surface area contributed by atoms with Crippen molar-refractivity contribution in [3.05, 3.63) is 68.4 Å². The summed E-state index contributed by atoms with van der Waals surface area (Å²) < 4.78 is 14.6. The van der Waals surface area contributed by atoms with E-state index < -0.39 is 5.82 Å². The number of benzene rings is 2. The first kappa shape index (κ1) is 16.1. The van der Waals surface area contributed by atoms with Gasteiger partial charge in [0.15, 0.2) is 11.6 Å². The number of carbonyl (C=O) groups excluding carboxylic acids is 1. The second-order valence-corrected chi connectivity index (χ2v) is 5.80. The molecule has 0 saturated carbocycles.